The van der Waals surface area contributed by atoms with Crippen LogP contribution in [0.3, 0.4) is 0 Å². The van der Waals surface area contributed by atoms with E-state index >= 15 is 0 Å². The van der Waals surface area contributed by atoms with Gasteiger partial charge in [0, 0.05) is 23.6 Å². The number of ether oxygens (including phenoxy) is 1. The van der Waals surface area contributed by atoms with Crippen LogP contribution in [0.4, 0.5) is 0 Å². The lowest BCUT2D eigenvalue weighted by Crippen LogP contribution is -2.49. The standard InChI is InChI=1S/C21H24Cl2N2O3/c1-4-19(21(27)24-3)25(12-15-7-8-16(22)11-18(15)23)20(26)13-28-17-9-5-14(2)6-10-17/h5-11,19H,4,12-13H2,1-3H3,(H,24,27)/t19-/m0/s1. The third kappa shape index (κ3) is 5.88. The van der Waals surface area contributed by atoms with Crippen molar-refractivity contribution in [2.24, 2.45) is 0 Å². The SMILES string of the molecule is CC[C@@H](C(=O)NC)N(Cc1ccc(Cl)cc1Cl)C(=O)COc1ccc(C)cc1. The van der Waals surface area contributed by atoms with Gasteiger partial charge in [-0.1, -0.05) is 53.9 Å². The Balaban J connectivity index is 2.21. The molecule has 0 aliphatic heterocycles. The van der Waals surface area contributed by atoms with Crippen LogP contribution in [0.5, 0.6) is 5.75 Å². The number of carbonyl (C=O) groups excluding carboxylic acids is 2. The van der Waals surface area contributed by atoms with Crippen LogP contribution in [0, 0.1) is 6.92 Å². The summed E-state index contributed by atoms with van der Waals surface area (Å²) >= 11 is 12.2. The lowest BCUT2D eigenvalue weighted by Gasteiger charge is -2.30. The molecule has 2 aromatic carbocycles. The molecule has 0 aliphatic rings. The number of hydrogen-bond acceptors (Lipinski definition) is 3. The van der Waals surface area contributed by atoms with Crippen molar-refractivity contribution in [1.82, 2.24) is 10.2 Å². The third-order valence-corrected chi connectivity index (χ3v) is 4.96. The largest absolute Gasteiger partial charge is 0.484 e. The highest BCUT2D eigenvalue weighted by Gasteiger charge is 2.28. The molecule has 150 valence electrons. The number of nitrogens with zero attached hydrogens (tertiary/aromatic N) is 1. The van der Waals surface area contributed by atoms with E-state index in [0.29, 0.717) is 27.8 Å². The van der Waals surface area contributed by atoms with Crippen molar-refractivity contribution in [3.63, 3.8) is 0 Å². The van der Waals surface area contributed by atoms with E-state index in [0.717, 1.165) is 5.56 Å². The summed E-state index contributed by atoms with van der Waals surface area (Å²) in [5.41, 5.74) is 1.81. The first kappa shape index (κ1) is 22.1. The van der Waals surface area contributed by atoms with Crippen molar-refractivity contribution in [3.05, 3.63) is 63.6 Å². The van der Waals surface area contributed by atoms with Gasteiger partial charge in [0.15, 0.2) is 6.61 Å². The smallest absolute Gasteiger partial charge is 0.261 e. The molecular formula is C21H24Cl2N2O3. The number of halogens is 2. The Bertz CT molecular complexity index is 825. The van der Waals surface area contributed by atoms with Gasteiger partial charge in [-0.25, -0.2) is 0 Å². The summed E-state index contributed by atoms with van der Waals surface area (Å²) < 4.78 is 5.62. The van der Waals surface area contributed by atoms with E-state index in [9.17, 15) is 9.59 Å². The first-order chi connectivity index (χ1) is 13.3. The van der Waals surface area contributed by atoms with Gasteiger partial charge in [-0.15, -0.1) is 0 Å². The lowest BCUT2D eigenvalue weighted by atomic mass is 10.1. The molecule has 1 atom stereocenters. The number of nitrogens with one attached hydrogen (secondary N) is 1. The molecule has 2 rings (SSSR count). The molecule has 0 radical (unpaired) electrons. The van der Waals surface area contributed by atoms with Crippen LogP contribution in [0.1, 0.15) is 24.5 Å². The fourth-order valence-electron chi connectivity index (χ4n) is 2.78. The van der Waals surface area contributed by atoms with Crippen molar-refractivity contribution >= 4 is 35.0 Å². The summed E-state index contributed by atoms with van der Waals surface area (Å²) in [6.07, 6.45) is 0.459. The quantitative estimate of drug-likeness (QED) is 0.691. The summed E-state index contributed by atoms with van der Waals surface area (Å²) in [5, 5.41) is 3.56. The maximum absolute atomic E-state index is 12.9. The first-order valence-electron chi connectivity index (χ1n) is 9.00. The highest BCUT2D eigenvalue weighted by molar-refractivity contribution is 6.35. The maximum atomic E-state index is 12.9. The normalized spacial score (nSPS) is 11.6. The van der Waals surface area contributed by atoms with Gasteiger partial charge in [-0.2, -0.15) is 0 Å². The first-order valence-corrected chi connectivity index (χ1v) is 9.75. The summed E-state index contributed by atoms with van der Waals surface area (Å²) in [7, 11) is 1.55. The second-order valence-corrected chi connectivity index (χ2v) is 7.24. The number of likely N-dealkylation sites (N-methyl/N-ethyl adjacent to an activating group) is 1. The summed E-state index contributed by atoms with van der Waals surface area (Å²) in [4.78, 5) is 26.8. The van der Waals surface area contributed by atoms with Gasteiger partial charge in [0.1, 0.15) is 11.8 Å². The van der Waals surface area contributed by atoms with E-state index in [-0.39, 0.29) is 25.0 Å². The number of rotatable bonds is 8. The van der Waals surface area contributed by atoms with Crippen LogP contribution in [-0.2, 0) is 16.1 Å². The second kappa shape index (κ2) is 10.3. The van der Waals surface area contributed by atoms with Crippen molar-refractivity contribution in [1.29, 1.82) is 0 Å². The molecule has 28 heavy (non-hydrogen) atoms. The Morgan fingerprint density at radius 1 is 1.14 bits per heavy atom. The van der Waals surface area contributed by atoms with Gasteiger partial charge < -0.3 is 15.0 Å². The van der Waals surface area contributed by atoms with Crippen molar-refractivity contribution in [2.75, 3.05) is 13.7 Å². The topological polar surface area (TPSA) is 58.6 Å². The molecule has 5 nitrogen and oxygen atoms in total. The van der Waals surface area contributed by atoms with Gasteiger partial charge in [0.25, 0.3) is 5.91 Å². The molecule has 0 fully saturated rings. The molecule has 2 aromatic rings. The number of aryl methyl sites for hydroxylation is 1. The van der Waals surface area contributed by atoms with Gasteiger partial charge in [-0.05, 0) is 43.2 Å². The van der Waals surface area contributed by atoms with Crippen LogP contribution < -0.4 is 10.1 Å². The fourth-order valence-corrected chi connectivity index (χ4v) is 3.25. The number of hydrogen-bond donors (Lipinski definition) is 1. The molecule has 2 amide bonds. The molecule has 0 unspecified atom stereocenters. The van der Waals surface area contributed by atoms with Crippen LogP contribution in [0.2, 0.25) is 10.0 Å². The minimum absolute atomic E-state index is 0.179. The summed E-state index contributed by atoms with van der Waals surface area (Å²) in [6.45, 7) is 3.83. The van der Waals surface area contributed by atoms with Crippen molar-refractivity contribution in [3.8, 4) is 5.75 Å². The van der Waals surface area contributed by atoms with Gasteiger partial charge in [0.05, 0.1) is 0 Å². The molecule has 0 spiro atoms. The van der Waals surface area contributed by atoms with Crippen LogP contribution in [0.25, 0.3) is 0 Å². The van der Waals surface area contributed by atoms with E-state index in [1.165, 1.54) is 4.90 Å². The minimum atomic E-state index is -0.633. The monoisotopic (exact) mass is 422 g/mol. The average molecular weight is 423 g/mol. The minimum Gasteiger partial charge on any atom is -0.484 e. The molecule has 0 heterocycles. The molecule has 0 saturated carbocycles. The zero-order chi connectivity index (χ0) is 20.7. The molecule has 0 saturated heterocycles. The molecule has 0 aromatic heterocycles. The van der Waals surface area contributed by atoms with Gasteiger partial charge in [0.2, 0.25) is 5.91 Å². The van der Waals surface area contributed by atoms with Crippen molar-refractivity contribution in [2.45, 2.75) is 32.9 Å². The van der Waals surface area contributed by atoms with E-state index in [1.807, 2.05) is 26.0 Å². The second-order valence-electron chi connectivity index (χ2n) is 6.40. The predicted molar refractivity (Wildman–Crippen MR) is 112 cm³/mol. The van der Waals surface area contributed by atoms with Gasteiger partial charge in [-0.3, -0.25) is 9.59 Å². The van der Waals surface area contributed by atoms with Crippen LogP contribution in [-0.4, -0.2) is 36.4 Å². The highest BCUT2D eigenvalue weighted by atomic mass is 35.5. The number of benzene rings is 2. The van der Waals surface area contributed by atoms with E-state index < -0.39 is 6.04 Å². The summed E-state index contributed by atoms with van der Waals surface area (Å²) in [5.74, 6) is 0.0507. The fraction of sp³-hybridized carbons (Fsp3) is 0.333. The van der Waals surface area contributed by atoms with E-state index in [1.54, 1.807) is 37.4 Å². The Morgan fingerprint density at radius 2 is 1.82 bits per heavy atom. The zero-order valence-electron chi connectivity index (χ0n) is 16.2. The van der Waals surface area contributed by atoms with E-state index in [2.05, 4.69) is 5.32 Å². The Kier molecular flexibility index (Phi) is 8.15. The summed E-state index contributed by atoms with van der Waals surface area (Å²) in [6, 6.07) is 11.9. The van der Waals surface area contributed by atoms with Crippen LogP contribution in [0.15, 0.2) is 42.5 Å². The molecule has 1 N–H and O–H groups in total. The lowest BCUT2D eigenvalue weighted by molar-refractivity contribution is -0.142. The van der Waals surface area contributed by atoms with Gasteiger partial charge >= 0.3 is 0 Å². The molecular weight excluding hydrogens is 399 g/mol. The Hall–Kier alpha value is -2.24. The Morgan fingerprint density at radius 3 is 2.39 bits per heavy atom. The van der Waals surface area contributed by atoms with E-state index in [4.69, 9.17) is 27.9 Å². The maximum Gasteiger partial charge on any atom is 0.261 e. The molecule has 7 heteroatoms. The third-order valence-electron chi connectivity index (χ3n) is 4.37. The molecule has 0 bridgehead atoms. The number of amides is 2. The number of carbonyl (C=O) groups is 2. The average Bonchev–Trinajstić information content (AvgIpc) is 2.68. The molecule has 0 aliphatic carbocycles. The zero-order valence-corrected chi connectivity index (χ0v) is 17.7. The predicted octanol–water partition coefficient (Wildman–Crippen LogP) is 4.23. The van der Waals surface area contributed by atoms with Crippen LogP contribution >= 0.6 is 23.2 Å². The Labute approximate surface area is 175 Å². The highest BCUT2D eigenvalue weighted by Crippen LogP contribution is 2.24. The van der Waals surface area contributed by atoms with Crippen molar-refractivity contribution < 1.29 is 14.3 Å².